The van der Waals surface area contributed by atoms with Crippen molar-refractivity contribution in [1.29, 1.82) is 0 Å². The second kappa shape index (κ2) is 10.3. The number of allylic oxidation sites excluding steroid dienone is 3. The van der Waals surface area contributed by atoms with E-state index in [1.54, 1.807) is 19.1 Å². The molecule has 1 aromatic carbocycles. The van der Waals surface area contributed by atoms with Gasteiger partial charge >= 0.3 is 5.97 Å². The van der Waals surface area contributed by atoms with Gasteiger partial charge in [-0.2, -0.15) is 0 Å². The third-order valence-corrected chi connectivity index (χ3v) is 14.7. The summed E-state index contributed by atoms with van der Waals surface area (Å²) in [6, 6.07) is 7.29. The van der Waals surface area contributed by atoms with Crippen molar-refractivity contribution in [3.05, 3.63) is 52.6 Å². The van der Waals surface area contributed by atoms with Gasteiger partial charge in [0.25, 0.3) is 0 Å². The predicted octanol–water partition coefficient (Wildman–Crippen LogP) is 8.46. The number of hydrogen-bond donors (Lipinski definition) is 0. The lowest BCUT2D eigenvalue weighted by Crippen LogP contribution is -2.68. The molecule has 5 aliphatic carbocycles. The van der Waals surface area contributed by atoms with Crippen LogP contribution in [0.25, 0.3) is 6.08 Å². The van der Waals surface area contributed by atoms with E-state index in [0.29, 0.717) is 47.3 Å². The van der Waals surface area contributed by atoms with E-state index in [4.69, 9.17) is 4.74 Å². The number of ether oxygens (including phenoxy) is 1. The van der Waals surface area contributed by atoms with Crippen molar-refractivity contribution in [2.24, 2.45) is 56.7 Å². The molecule has 5 nitrogen and oxygen atoms in total. The van der Waals surface area contributed by atoms with Gasteiger partial charge in [0.1, 0.15) is 5.41 Å². The molecule has 0 unspecified atom stereocenters. The summed E-state index contributed by atoms with van der Waals surface area (Å²) in [7, 11) is 1.35. The highest BCUT2D eigenvalue weighted by Crippen LogP contribution is 2.75. The molecule has 5 aliphatic rings. The fourth-order valence-corrected chi connectivity index (χ4v) is 11.9. The van der Waals surface area contributed by atoms with E-state index in [9.17, 15) is 19.2 Å². The van der Waals surface area contributed by atoms with Gasteiger partial charge in [-0.15, -0.1) is 0 Å². The molecule has 242 valence electrons. The first kappa shape index (κ1) is 32.1. The maximum absolute atomic E-state index is 14.9. The Labute approximate surface area is 269 Å². The van der Waals surface area contributed by atoms with Crippen molar-refractivity contribution in [2.45, 2.75) is 100 Å². The van der Waals surface area contributed by atoms with Crippen LogP contribution >= 0.6 is 0 Å². The molecule has 0 aromatic heterocycles. The number of ketones is 3. The van der Waals surface area contributed by atoms with Crippen LogP contribution in [0.2, 0.25) is 0 Å². The van der Waals surface area contributed by atoms with Crippen molar-refractivity contribution >= 4 is 29.4 Å². The first-order valence-electron chi connectivity index (χ1n) is 17.2. The number of methoxy groups -OCH3 is 1. The number of hydrogen-bond acceptors (Lipinski definition) is 5. The fourth-order valence-electron chi connectivity index (χ4n) is 11.9. The lowest BCUT2D eigenvalue weighted by atomic mass is 9.33. The van der Waals surface area contributed by atoms with Gasteiger partial charge < -0.3 is 4.74 Å². The number of carbonyl (C=O) groups is 4. The standard InChI is InChI=1S/C40H52O5/c1-23-14-16-36(4)18-19-38(6)29(32(36)24(23)2)21-30(42)33-37(5)22-27(20-26-12-10-11-13-28(26)25(3)41)34(43)40(8,35(44)45-9)31(37)15-17-39(33,38)7/h10-13,20-21,23-24,31-33H,14-19,22H2,1-9H3/b27-20+/t23-,24+,31-,32+,33-,36-,37+,38-,39-,40-/m1/s1. The largest absolute Gasteiger partial charge is 0.468 e. The van der Waals surface area contributed by atoms with Crippen molar-refractivity contribution in [3.63, 3.8) is 0 Å². The first-order valence-corrected chi connectivity index (χ1v) is 17.2. The number of benzene rings is 1. The summed E-state index contributed by atoms with van der Waals surface area (Å²) < 4.78 is 5.37. The third-order valence-electron chi connectivity index (χ3n) is 14.7. The molecule has 0 saturated heterocycles. The maximum Gasteiger partial charge on any atom is 0.319 e. The monoisotopic (exact) mass is 612 g/mol. The minimum absolute atomic E-state index is 0.0839. The SMILES string of the molecule is COC(=O)[C@@]1(C)C(=O)/C(=C/c2ccccc2C(C)=O)C[C@]2(C)[C@H]3C(=O)C=C4[C@@H]5[C@@H](C)[C@H](C)CC[C@]5(C)CC[C@@]4(C)[C@]3(C)CC[C@@H]12. The van der Waals surface area contributed by atoms with E-state index in [2.05, 4.69) is 47.6 Å². The Morgan fingerprint density at radius 2 is 1.62 bits per heavy atom. The highest BCUT2D eigenvalue weighted by molar-refractivity contribution is 6.15. The minimum atomic E-state index is -1.43. The maximum atomic E-state index is 14.9. The quantitative estimate of drug-likeness (QED) is 0.148. The van der Waals surface area contributed by atoms with Crippen LogP contribution in [0, 0.1) is 56.7 Å². The van der Waals surface area contributed by atoms with Gasteiger partial charge in [0.2, 0.25) is 0 Å². The van der Waals surface area contributed by atoms with Crippen LogP contribution in [0.15, 0.2) is 41.5 Å². The van der Waals surface area contributed by atoms with Crippen molar-refractivity contribution in [2.75, 3.05) is 7.11 Å². The summed E-state index contributed by atoms with van der Waals surface area (Å²) >= 11 is 0. The average Bonchev–Trinajstić information content (AvgIpc) is 2.98. The predicted molar refractivity (Wildman–Crippen MR) is 176 cm³/mol. The highest BCUT2D eigenvalue weighted by Gasteiger charge is 2.72. The number of carbonyl (C=O) groups excluding carboxylic acids is 4. The Morgan fingerprint density at radius 1 is 0.933 bits per heavy atom. The van der Waals surface area contributed by atoms with Crippen molar-refractivity contribution in [1.82, 2.24) is 0 Å². The Kier molecular flexibility index (Phi) is 7.38. The van der Waals surface area contributed by atoms with Crippen LogP contribution in [-0.2, 0) is 19.1 Å². The molecular weight excluding hydrogens is 560 g/mol. The molecule has 4 saturated carbocycles. The molecule has 0 heterocycles. The molecule has 0 aliphatic heterocycles. The van der Waals surface area contributed by atoms with E-state index in [0.717, 1.165) is 19.3 Å². The molecule has 0 spiro atoms. The zero-order valence-electron chi connectivity index (χ0n) is 28.8. The van der Waals surface area contributed by atoms with Crippen LogP contribution in [0.3, 0.4) is 0 Å². The number of esters is 1. The van der Waals surface area contributed by atoms with E-state index in [-0.39, 0.29) is 45.4 Å². The molecule has 0 N–H and O–H groups in total. The zero-order valence-corrected chi connectivity index (χ0v) is 28.8. The second-order valence-electron chi connectivity index (χ2n) is 16.8. The summed E-state index contributed by atoms with van der Waals surface area (Å²) in [5, 5.41) is 0. The Morgan fingerprint density at radius 3 is 2.29 bits per heavy atom. The molecule has 6 rings (SSSR count). The summed E-state index contributed by atoms with van der Waals surface area (Å²) in [5.74, 6) is 0.131. The number of fused-ring (bicyclic) bond motifs is 7. The summed E-state index contributed by atoms with van der Waals surface area (Å²) in [6.45, 7) is 17.5. The first-order chi connectivity index (χ1) is 21.0. The van der Waals surface area contributed by atoms with E-state index in [1.165, 1.54) is 32.4 Å². The lowest BCUT2D eigenvalue weighted by Gasteiger charge is -2.70. The van der Waals surface area contributed by atoms with Gasteiger partial charge in [0, 0.05) is 11.5 Å². The summed E-state index contributed by atoms with van der Waals surface area (Å²) in [5.41, 5.74) is 0.727. The van der Waals surface area contributed by atoms with Crippen LogP contribution in [0.5, 0.6) is 0 Å². The Bertz CT molecular complexity index is 1550. The smallest absolute Gasteiger partial charge is 0.319 e. The van der Waals surface area contributed by atoms with E-state index in [1.807, 2.05) is 18.2 Å². The lowest BCUT2D eigenvalue weighted by molar-refractivity contribution is -0.194. The Hall–Kier alpha value is -2.82. The summed E-state index contributed by atoms with van der Waals surface area (Å²) in [4.78, 5) is 55.6. The van der Waals surface area contributed by atoms with Crippen LogP contribution in [0.1, 0.15) is 116 Å². The number of rotatable bonds is 3. The topological polar surface area (TPSA) is 77.5 Å². The second-order valence-corrected chi connectivity index (χ2v) is 16.8. The number of Topliss-reactive ketones (excluding diaryl/α,β-unsaturated/α-hetero) is 2. The van der Waals surface area contributed by atoms with Gasteiger partial charge in [-0.1, -0.05) is 71.4 Å². The third kappa shape index (κ3) is 4.17. The average molecular weight is 613 g/mol. The molecule has 1 aromatic rings. The molecule has 10 atom stereocenters. The van der Waals surface area contributed by atoms with Gasteiger partial charge in [-0.05, 0) is 127 Å². The zero-order chi connectivity index (χ0) is 32.9. The molecule has 0 amide bonds. The molecule has 45 heavy (non-hydrogen) atoms. The van der Waals surface area contributed by atoms with E-state index >= 15 is 0 Å². The molecule has 0 radical (unpaired) electrons. The van der Waals surface area contributed by atoms with E-state index < -0.39 is 16.8 Å². The molecule has 0 bridgehead atoms. The van der Waals surface area contributed by atoms with Gasteiger partial charge in [0.05, 0.1) is 7.11 Å². The van der Waals surface area contributed by atoms with Crippen LogP contribution in [-0.4, -0.2) is 30.4 Å². The highest BCUT2D eigenvalue weighted by atomic mass is 16.5. The summed E-state index contributed by atoms with van der Waals surface area (Å²) in [6.07, 6.45) is 10.4. The van der Waals surface area contributed by atoms with Crippen molar-refractivity contribution in [3.8, 4) is 0 Å². The Balaban J connectivity index is 1.53. The van der Waals surface area contributed by atoms with Gasteiger partial charge in [-0.25, -0.2) is 0 Å². The molecule has 5 heteroatoms. The molecular formula is C40H52O5. The van der Waals surface area contributed by atoms with Gasteiger partial charge in [-0.3, -0.25) is 19.2 Å². The fraction of sp³-hybridized carbons (Fsp3) is 0.650. The normalized spacial score (nSPS) is 45.0. The van der Waals surface area contributed by atoms with Crippen LogP contribution < -0.4 is 0 Å². The minimum Gasteiger partial charge on any atom is -0.468 e. The van der Waals surface area contributed by atoms with Crippen LogP contribution in [0.4, 0.5) is 0 Å². The van der Waals surface area contributed by atoms with Crippen molar-refractivity contribution < 1.29 is 23.9 Å². The molecule has 4 fully saturated rings. The van der Waals surface area contributed by atoms with Gasteiger partial charge in [0.15, 0.2) is 17.3 Å².